The molecule has 1 N–H and O–H groups in total. The lowest BCUT2D eigenvalue weighted by Crippen LogP contribution is -2.49. The zero-order valence-electron chi connectivity index (χ0n) is 13.1. The van der Waals surface area contributed by atoms with Gasteiger partial charge in [0.05, 0.1) is 30.9 Å². The molecule has 0 bridgehead atoms. The molecule has 3 amide bonds. The van der Waals surface area contributed by atoms with Gasteiger partial charge < -0.3 is 14.8 Å². The maximum Gasteiger partial charge on any atom is 0.244 e. The van der Waals surface area contributed by atoms with E-state index < -0.39 is 5.91 Å². The Morgan fingerprint density at radius 3 is 2.74 bits per heavy atom. The fourth-order valence-corrected chi connectivity index (χ4v) is 2.91. The number of carbonyl (C=O) groups is 3. The number of hydrogen-bond donors (Lipinski definition) is 1. The summed E-state index contributed by atoms with van der Waals surface area (Å²) in [6.45, 7) is 1.41. The molecule has 0 aliphatic carbocycles. The van der Waals surface area contributed by atoms with Gasteiger partial charge in [-0.05, 0) is 19.1 Å². The molecule has 1 aromatic rings. The van der Waals surface area contributed by atoms with Crippen molar-refractivity contribution in [2.45, 2.75) is 12.2 Å². The SMILES string of the molecule is COc1ccc(NC(=O)CN2C(=O)CS[C@@H](C)C2=O)c(OC)c1. The third kappa shape index (κ3) is 3.95. The van der Waals surface area contributed by atoms with Crippen LogP contribution < -0.4 is 14.8 Å². The lowest BCUT2D eigenvalue weighted by Gasteiger charge is -2.27. The van der Waals surface area contributed by atoms with Crippen LogP contribution in [-0.4, -0.2) is 54.4 Å². The number of nitrogens with zero attached hydrogens (tertiary/aromatic N) is 1. The van der Waals surface area contributed by atoms with Gasteiger partial charge in [-0.15, -0.1) is 11.8 Å². The lowest BCUT2D eigenvalue weighted by molar-refractivity contribution is -0.145. The second-order valence-corrected chi connectivity index (χ2v) is 6.21. The van der Waals surface area contributed by atoms with Gasteiger partial charge in [-0.1, -0.05) is 0 Å². The first-order valence-electron chi connectivity index (χ1n) is 6.94. The van der Waals surface area contributed by atoms with Crippen LogP contribution in [0.2, 0.25) is 0 Å². The third-order valence-corrected chi connectivity index (χ3v) is 4.47. The summed E-state index contributed by atoms with van der Waals surface area (Å²) in [6, 6.07) is 4.94. The van der Waals surface area contributed by atoms with Crippen molar-refractivity contribution in [3.8, 4) is 11.5 Å². The van der Waals surface area contributed by atoms with Gasteiger partial charge in [0.25, 0.3) is 0 Å². The van der Waals surface area contributed by atoms with Crippen molar-refractivity contribution in [3.63, 3.8) is 0 Å². The summed E-state index contributed by atoms with van der Waals surface area (Å²) in [4.78, 5) is 36.9. The highest BCUT2D eigenvalue weighted by molar-refractivity contribution is 8.01. The second-order valence-electron chi connectivity index (χ2n) is 4.89. The van der Waals surface area contributed by atoms with Crippen LogP contribution in [-0.2, 0) is 14.4 Å². The highest BCUT2D eigenvalue weighted by Crippen LogP contribution is 2.29. The number of thioether (sulfide) groups is 1. The minimum Gasteiger partial charge on any atom is -0.497 e. The summed E-state index contributed by atoms with van der Waals surface area (Å²) in [6.07, 6.45) is 0. The summed E-state index contributed by atoms with van der Waals surface area (Å²) in [5.41, 5.74) is 0.442. The summed E-state index contributed by atoms with van der Waals surface area (Å²) >= 11 is 1.27. The lowest BCUT2D eigenvalue weighted by atomic mass is 10.2. The van der Waals surface area contributed by atoms with Crippen LogP contribution in [0.25, 0.3) is 0 Å². The molecule has 1 saturated heterocycles. The fraction of sp³-hybridized carbons (Fsp3) is 0.400. The first-order chi connectivity index (χ1) is 11.0. The summed E-state index contributed by atoms with van der Waals surface area (Å²) in [7, 11) is 3.00. The number of imide groups is 1. The smallest absolute Gasteiger partial charge is 0.244 e. The molecule has 0 unspecified atom stereocenters. The van der Waals surface area contributed by atoms with Crippen molar-refractivity contribution in [2.75, 3.05) is 31.8 Å². The largest absolute Gasteiger partial charge is 0.497 e. The molecule has 0 saturated carbocycles. The van der Waals surface area contributed by atoms with Gasteiger partial charge in [-0.25, -0.2) is 0 Å². The molecule has 1 fully saturated rings. The van der Waals surface area contributed by atoms with E-state index in [0.29, 0.717) is 17.2 Å². The van der Waals surface area contributed by atoms with Crippen LogP contribution in [0.1, 0.15) is 6.92 Å². The molecular weight excluding hydrogens is 320 g/mol. The molecule has 0 aromatic heterocycles. The van der Waals surface area contributed by atoms with E-state index in [1.165, 1.54) is 26.0 Å². The number of amides is 3. The van der Waals surface area contributed by atoms with Gasteiger partial charge in [-0.2, -0.15) is 0 Å². The fourth-order valence-electron chi connectivity index (χ4n) is 2.09. The molecule has 2 rings (SSSR count). The van der Waals surface area contributed by atoms with E-state index in [4.69, 9.17) is 9.47 Å². The van der Waals surface area contributed by atoms with Crippen molar-refractivity contribution >= 4 is 35.2 Å². The first-order valence-corrected chi connectivity index (χ1v) is 7.98. The topological polar surface area (TPSA) is 84.9 Å². The standard InChI is InChI=1S/C15H18N2O5S/c1-9-15(20)17(14(19)8-23-9)7-13(18)16-11-5-4-10(21-2)6-12(11)22-3/h4-6,9H,7-8H2,1-3H3,(H,16,18)/t9-/m0/s1. The number of hydrogen-bond acceptors (Lipinski definition) is 6. The van der Waals surface area contributed by atoms with Gasteiger partial charge in [0.15, 0.2) is 0 Å². The molecular formula is C15H18N2O5S. The molecule has 1 aliphatic heterocycles. The van der Waals surface area contributed by atoms with E-state index in [2.05, 4.69) is 5.32 Å². The van der Waals surface area contributed by atoms with Crippen LogP contribution in [0.15, 0.2) is 18.2 Å². The number of ether oxygens (including phenoxy) is 2. The Morgan fingerprint density at radius 1 is 1.35 bits per heavy atom. The number of benzene rings is 1. The zero-order valence-corrected chi connectivity index (χ0v) is 13.9. The average molecular weight is 338 g/mol. The van der Waals surface area contributed by atoms with Crippen LogP contribution >= 0.6 is 11.8 Å². The van der Waals surface area contributed by atoms with E-state index in [9.17, 15) is 14.4 Å². The Balaban J connectivity index is 2.07. The molecule has 0 spiro atoms. The molecule has 124 valence electrons. The van der Waals surface area contributed by atoms with E-state index in [-0.39, 0.29) is 29.4 Å². The molecule has 1 aromatic carbocycles. The minimum absolute atomic E-state index is 0.200. The molecule has 23 heavy (non-hydrogen) atoms. The number of carbonyl (C=O) groups excluding carboxylic acids is 3. The normalized spacial score (nSPS) is 17.9. The minimum atomic E-state index is -0.464. The van der Waals surface area contributed by atoms with E-state index in [0.717, 1.165) is 4.90 Å². The predicted octanol–water partition coefficient (Wildman–Crippen LogP) is 1.13. The zero-order chi connectivity index (χ0) is 17.0. The van der Waals surface area contributed by atoms with E-state index >= 15 is 0 Å². The highest BCUT2D eigenvalue weighted by Gasteiger charge is 2.33. The van der Waals surface area contributed by atoms with Gasteiger partial charge in [0.2, 0.25) is 17.7 Å². The maximum atomic E-state index is 12.2. The molecule has 0 radical (unpaired) electrons. The number of anilines is 1. The van der Waals surface area contributed by atoms with Gasteiger partial charge >= 0.3 is 0 Å². The van der Waals surface area contributed by atoms with Crippen molar-refractivity contribution < 1.29 is 23.9 Å². The predicted molar refractivity (Wildman–Crippen MR) is 86.8 cm³/mol. The van der Waals surface area contributed by atoms with Crippen LogP contribution in [0.4, 0.5) is 5.69 Å². The Kier molecular flexibility index (Phi) is 5.49. The van der Waals surface area contributed by atoms with Crippen LogP contribution in [0, 0.1) is 0 Å². The van der Waals surface area contributed by atoms with Gasteiger partial charge in [0, 0.05) is 6.07 Å². The molecule has 7 nitrogen and oxygen atoms in total. The Labute approximate surface area is 138 Å². The monoisotopic (exact) mass is 338 g/mol. The summed E-state index contributed by atoms with van der Waals surface area (Å²) in [5.74, 6) is 0.0591. The van der Waals surface area contributed by atoms with Crippen molar-refractivity contribution in [3.05, 3.63) is 18.2 Å². The van der Waals surface area contributed by atoms with Gasteiger partial charge in [0.1, 0.15) is 18.0 Å². The summed E-state index contributed by atoms with van der Waals surface area (Å²) in [5, 5.41) is 2.32. The van der Waals surface area contributed by atoms with Crippen molar-refractivity contribution in [1.82, 2.24) is 4.90 Å². The number of methoxy groups -OCH3 is 2. The number of rotatable bonds is 5. The quantitative estimate of drug-likeness (QED) is 0.810. The van der Waals surface area contributed by atoms with Gasteiger partial charge in [-0.3, -0.25) is 19.3 Å². The Bertz CT molecular complexity index is 634. The Morgan fingerprint density at radius 2 is 2.09 bits per heavy atom. The first kappa shape index (κ1) is 17.1. The number of nitrogens with one attached hydrogen (secondary N) is 1. The van der Waals surface area contributed by atoms with Crippen molar-refractivity contribution in [2.24, 2.45) is 0 Å². The highest BCUT2D eigenvalue weighted by atomic mass is 32.2. The second kappa shape index (κ2) is 7.36. The summed E-state index contributed by atoms with van der Waals surface area (Å²) < 4.78 is 10.3. The van der Waals surface area contributed by atoms with E-state index in [1.54, 1.807) is 25.1 Å². The third-order valence-electron chi connectivity index (χ3n) is 3.36. The molecule has 1 heterocycles. The van der Waals surface area contributed by atoms with Crippen LogP contribution in [0.5, 0.6) is 11.5 Å². The van der Waals surface area contributed by atoms with Crippen molar-refractivity contribution in [1.29, 1.82) is 0 Å². The molecule has 8 heteroatoms. The van der Waals surface area contributed by atoms with E-state index in [1.807, 2.05) is 0 Å². The van der Waals surface area contributed by atoms with Crippen LogP contribution in [0.3, 0.4) is 0 Å². The Hall–Kier alpha value is -2.22. The molecule has 1 atom stereocenters. The molecule has 1 aliphatic rings. The average Bonchev–Trinajstić information content (AvgIpc) is 2.55. The maximum absolute atomic E-state index is 12.2.